The summed E-state index contributed by atoms with van der Waals surface area (Å²) in [5, 5.41) is 3.33. The normalized spacial score (nSPS) is 10.6. The van der Waals surface area contributed by atoms with Crippen LogP contribution in [-0.2, 0) is 6.42 Å². The Labute approximate surface area is 121 Å². The fourth-order valence-corrected chi connectivity index (χ4v) is 2.41. The van der Waals surface area contributed by atoms with Crippen LogP contribution >= 0.6 is 0 Å². The van der Waals surface area contributed by atoms with Gasteiger partial charge in [0.25, 0.3) is 0 Å². The lowest BCUT2D eigenvalue weighted by Gasteiger charge is -2.09. The lowest BCUT2D eigenvalue weighted by molar-refractivity contribution is 0.916. The van der Waals surface area contributed by atoms with E-state index in [1.807, 2.05) is 13.0 Å². The largest absolute Gasteiger partial charge is 0.370 e. The molecule has 3 nitrogen and oxygen atoms in total. The molecule has 0 unspecified atom stereocenters. The lowest BCUT2D eigenvalue weighted by atomic mass is 10.0. The average molecular weight is 269 g/mol. The molecule has 0 aliphatic heterocycles. The van der Waals surface area contributed by atoms with Crippen LogP contribution in [0.15, 0.2) is 24.3 Å². The van der Waals surface area contributed by atoms with E-state index < -0.39 is 0 Å². The standard InChI is InChI=1S/C17H23N3/c1-5-6-18-16-10-14(4)19-17(20-16)11-15-8-12(2)7-13(3)9-15/h7-10H,5-6,11H2,1-4H3,(H,18,19,20). The third-order valence-corrected chi connectivity index (χ3v) is 3.10. The smallest absolute Gasteiger partial charge is 0.135 e. The van der Waals surface area contributed by atoms with Crippen LogP contribution in [0.4, 0.5) is 5.82 Å². The zero-order chi connectivity index (χ0) is 14.5. The van der Waals surface area contributed by atoms with E-state index in [1.165, 1.54) is 16.7 Å². The van der Waals surface area contributed by atoms with Crippen molar-refractivity contribution in [2.45, 2.75) is 40.5 Å². The van der Waals surface area contributed by atoms with Crippen molar-refractivity contribution >= 4 is 5.82 Å². The molecule has 1 heterocycles. The van der Waals surface area contributed by atoms with Crippen molar-refractivity contribution in [1.29, 1.82) is 0 Å². The highest BCUT2D eigenvalue weighted by molar-refractivity contribution is 5.37. The zero-order valence-electron chi connectivity index (χ0n) is 12.8. The first-order chi connectivity index (χ1) is 9.56. The van der Waals surface area contributed by atoms with Crippen molar-refractivity contribution in [1.82, 2.24) is 9.97 Å². The topological polar surface area (TPSA) is 37.8 Å². The number of nitrogens with one attached hydrogen (secondary N) is 1. The molecule has 2 rings (SSSR count). The van der Waals surface area contributed by atoms with E-state index in [4.69, 9.17) is 0 Å². The fourth-order valence-electron chi connectivity index (χ4n) is 2.41. The number of hydrogen-bond acceptors (Lipinski definition) is 3. The van der Waals surface area contributed by atoms with Gasteiger partial charge in [0.1, 0.15) is 11.6 Å². The van der Waals surface area contributed by atoms with Crippen molar-refractivity contribution in [2.24, 2.45) is 0 Å². The molecule has 0 aliphatic rings. The van der Waals surface area contributed by atoms with Crippen molar-refractivity contribution in [2.75, 3.05) is 11.9 Å². The summed E-state index contributed by atoms with van der Waals surface area (Å²) in [6, 6.07) is 8.60. The number of nitrogens with zero attached hydrogens (tertiary/aromatic N) is 2. The van der Waals surface area contributed by atoms with E-state index in [0.717, 1.165) is 36.7 Å². The SMILES string of the molecule is CCCNc1cc(C)nc(Cc2cc(C)cc(C)c2)n1. The molecular formula is C17H23N3. The Morgan fingerprint density at radius 1 is 0.950 bits per heavy atom. The minimum atomic E-state index is 0.783. The minimum absolute atomic E-state index is 0.783. The maximum Gasteiger partial charge on any atom is 0.135 e. The maximum atomic E-state index is 4.60. The van der Waals surface area contributed by atoms with Crippen molar-refractivity contribution < 1.29 is 0 Å². The van der Waals surface area contributed by atoms with E-state index in [0.29, 0.717) is 0 Å². The third kappa shape index (κ3) is 4.05. The summed E-state index contributed by atoms with van der Waals surface area (Å²) in [5.74, 6) is 1.81. The molecule has 20 heavy (non-hydrogen) atoms. The van der Waals surface area contributed by atoms with Crippen LogP contribution in [0.5, 0.6) is 0 Å². The molecule has 0 saturated carbocycles. The number of rotatable bonds is 5. The van der Waals surface area contributed by atoms with Crippen LogP contribution in [-0.4, -0.2) is 16.5 Å². The third-order valence-electron chi connectivity index (χ3n) is 3.10. The highest BCUT2D eigenvalue weighted by Crippen LogP contribution is 2.14. The molecule has 3 heteroatoms. The van der Waals surface area contributed by atoms with Gasteiger partial charge in [-0.25, -0.2) is 9.97 Å². The second-order valence-electron chi connectivity index (χ2n) is 5.41. The van der Waals surface area contributed by atoms with E-state index in [-0.39, 0.29) is 0 Å². The van der Waals surface area contributed by atoms with Gasteiger partial charge in [-0.3, -0.25) is 0 Å². The van der Waals surface area contributed by atoms with Gasteiger partial charge in [0.05, 0.1) is 0 Å². The molecule has 0 aliphatic carbocycles. The Morgan fingerprint density at radius 3 is 2.30 bits per heavy atom. The summed E-state index contributed by atoms with van der Waals surface area (Å²) in [4.78, 5) is 9.15. The number of anilines is 1. The highest BCUT2D eigenvalue weighted by atomic mass is 15.0. The zero-order valence-corrected chi connectivity index (χ0v) is 12.8. The predicted octanol–water partition coefficient (Wildman–Crippen LogP) is 3.81. The van der Waals surface area contributed by atoms with Crippen molar-refractivity contribution in [3.63, 3.8) is 0 Å². The number of aryl methyl sites for hydroxylation is 3. The molecule has 0 bridgehead atoms. The first-order valence-corrected chi connectivity index (χ1v) is 7.22. The second kappa shape index (κ2) is 6.51. The summed E-state index contributed by atoms with van der Waals surface area (Å²) < 4.78 is 0. The van der Waals surface area contributed by atoms with Crippen LogP contribution < -0.4 is 5.32 Å². The van der Waals surface area contributed by atoms with Gasteiger partial charge in [0.2, 0.25) is 0 Å². The maximum absolute atomic E-state index is 4.60. The minimum Gasteiger partial charge on any atom is -0.370 e. The van der Waals surface area contributed by atoms with Crippen LogP contribution in [0, 0.1) is 20.8 Å². The van der Waals surface area contributed by atoms with Gasteiger partial charge in [0, 0.05) is 24.7 Å². The molecule has 0 radical (unpaired) electrons. The van der Waals surface area contributed by atoms with Crippen molar-refractivity contribution in [3.05, 3.63) is 52.5 Å². The molecule has 0 spiro atoms. The van der Waals surface area contributed by atoms with Crippen molar-refractivity contribution in [3.8, 4) is 0 Å². The van der Waals surface area contributed by atoms with E-state index >= 15 is 0 Å². The molecule has 2 aromatic rings. The predicted molar refractivity (Wildman–Crippen MR) is 84.3 cm³/mol. The molecule has 1 aromatic heterocycles. The summed E-state index contributed by atoms with van der Waals surface area (Å²) in [7, 11) is 0. The van der Waals surface area contributed by atoms with Gasteiger partial charge in [-0.2, -0.15) is 0 Å². The average Bonchev–Trinajstić information content (AvgIpc) is 2.34. The van der Waals surface area contributed by atoms with Gasteiger partial charge in [0.15, 0.2) is 0 Å². The Hall–Kier alpha value is -1.90. The molecule has 0 fully saturated rings. The van der Waals surface area contributed by atoms with Crippen LogP contribution in [0.1, 0.15) is 41.6 Å². The van der Waals surface area contributed by atoms with Gasteiger partial charge < -0.3 is 5.32 Å². The van der Waals surface area contributed by atoms with Gasteiger partial charge in [-0.15, -0.1) is 0 Å². The number of aromatic nitrogens is 2. The van der Waals surface area contributed by atoms with Crippen LogP contribution in [0.3, 0.4) is 0 Å². The van der Waals surface area contributed by atoms with Crippen LogP contribution in [0.2, 0.25) is 0 Å². The fraction of sp³-hybridized carbons (Fsp3) is 0.412. The molecule has 1 aromatic carbocycles. The first-order valence-electron chi connectivity index (χ1n) is 7.22. The van der Waals surface area contributed by atoms with Gasteiger partial charge in [-0.05, 0) is 32.8 Å². The lowest BCUT2D eigenvalue weighted by Crippen LogP contribution is -2.06. The Morgan fingerprint density at radius 2 is 1.65 bits per heavy atom. The molecule has 0 atom stereocenters. The quantitative estimate of drug-likeness (QED) is 0.896. The number of benzene rings is 1. The molecule has 0 amide bonds. The Bertz CT molecular complexity index is 571. The van der Waals surface area contributed by atoms with E-state index in [1.54, 1.807) is 0 Å². The summed E-state index contributed by atoms with van der Waals surface area (Å²) in [6.45, 7) is 9.37. The summed E-state index contributed by atoms with van der Waals surface area (Å²) in [5.41, 5.74) is 4.86. The summed E-state index contributed by atoms with van der Waals surface area (Å²) >= 11 is 0. The second-order valence-corrected chi connectivity index (χ2v) is 5.41. The highest BCUT2D eigenvalue weighted by Gasteiger charge is 2.04. The Balaban J connectivity index is 2.21. The number of hydrogen-bond donors (Lipinski definition) is 1. The van der Waals surface area contributed by atoms with Gasteiger partial charge in [-0.1, -0.05) is 36.2 Å². The molecule has 1 N–H and O–H groups in total. The van der Waals surface area contributed by atoms with Gasteiger partial charge >= 0.3 is 0 Å². The molecule has 0 saturated heterocycles. The van der Waals surface area contributed by atoms with E-state index in [2.05, 4.69) is 54.3 Å². The monoisotopic (exact) mass is 269 g/mol. The first kappa shape index (κ1) is 14.5. The molecular weight excluding hydrogens is 246 g/mol. The van der Waals surface area contributed by atoms with Crippen LogP contribution in [0.25, 0.3) is 0 Å². The van der Waals surface area contributed by atoms with E-state index in [9.17, 15) is 0 Å². The molecule has 106 valence electrons. The Kier molecular flexibility index (Phi) is 4.72. The summed E-state index contributed by atoms with van der Waals surface area (Å²) in [6.07, 6.45) is 1.88.